The normalized spacial score (nSPS) is 22.2. The fourth-order valence-corrected chi connectivity index (χ4v) is 2.69. The van der Waals surface area contributed by atoms with E-state index in [9.17, 15) is 9.90 Å². The van der Waals surface area contributed by atoms with Gasteiger partial charge in [0.05, 0.1) is 31.9 Å². The van der Waals surface area contributed by atoms with E-state index >= 15 is 0 Å². The van der Waals surface area contributed by atoms with E-state index in [2.05, 4.69) is 5.32 Å². The second-order valence-electron chi connectivity index (χ2n) is 5.35. The second kappa shape index (κ2) is 7.31. The van der Waals surface area contributed by atoms with E-state index < -0.39 is 6.10 Å². The van der Waals surface area contributed by atoms with Gasteiger partial charge in [-0.15, -0.1) is 0 Å². The van der Waals surface area contributed by atoms with Crippen LogP contribution < -0.4 is 14.8 Å². The fraction of sp³-hybridized carbons (Fsp3) is 0.562. The average Bonchev–Trinajstić information content (AvgIpc) is 2.71. The zero-order valence-electron chi connectivity index (χ0n) is 12.6. The van der Waals surface area contributed by atoms with Crippen molar-refractivity contribution in [3.05, 3.63) is 23.8 Å². The van der Waals surface area contributed by atoms with E-state index in [4.69, 9.17) is 9.47 Å². The summed E-state index contributed by atoms with van der Waals surface area (Å²) in [6.07, 6.45) is 4.20. The summed E-state index contributed by atoms with van der Waals surface area (Å²) in [6.45, 7) is 0. The molecule has 0 saturated heterocycles. The van der Waals surface area contributed by atoms with Gasteiger partial charge in [0.1, 0.15) is 11.5 Å². The monoisotopic (exact) mass is 293 g/mol. The molecule has 5 nitrogen and oxygen atoms in total. The SMILES string of the molecule is COc1ccc(OC)c(C(=O)NC2CCCCCC2O)c1. The van der Waals surface area contributed by atoms with Crippen LogP contribution in [-0.4, -0.2) is 37.4 Å². The Hall–Kier alpha value is -1.75. The first-order valence-electron chi connectivity index (χ1n) is 7.36. The molecule has 0 bridgehead atoms. The van der Waals surface area contributed by atoms with Crippen LogP contribution in [-0.2, 0) is 0 Å². The van der Waals surface area contributed by atoms with Crippen molar-refractivity contribution in [1.82, 2.24) is 5.32 Å². The second-order valence-corrected chi connectivity index (χ2v) is 5.35. The van der Waals surface area contributed by atoms with Gasteiger partial charge in [0, 0.05) is 0 Å². The minimum Gasteiger partial charge on any atom is -0.497 e. The van der Waals surface area contributed by atoms with Crippen LogP contribution in [0.5, 0.6) is 11.5 Å². The Balaban J connectivity index is 2.15. The molecule has 1 fully saturated rings. The highest BCUT2D eigenvalue weighted by Crippen LogP contribution is 2.25. The summed E-state index contributed by atoms with van der Waals surface area (Å²) in [6, 6.07) is 4.90. The van der Waals surface area contributed by atoms with Gasteiger partial charge in [-0.1, -0.05) is 19.3 Å². The van der Waals surface area contributed by atoms with Crippen LogP contribution in [0.3, 0.4) is 0 Å². The maximum Gasteiger partial charge on any atom is 0.255 e. The van der Waals surface area contributed by atoms with Gasteiger partial charge in [0.2, 0.25) is 0 Å². The van der Waals surface area contributed by atoms with Gasteiger partial charge < -0.3 is 19.9 Å². The highest BCUT2D eigenvalue weighted by atomic mass is 16.5. The lowest BCUT2D eigenvalue weighted by atomic mass is 10.1. The molecule has 5 heteroatoms. The highest BCUT2D eigenvalue weighted by Gasteiger charge is 2.25. The van der Waals surface area contributed by atoms with E-state index in [1.165, 1.54) is 7.11 Å². The van der Waals surface area contributed by atoms with Crippen LogP contribution in [0.25, 0.3) is 0 Å². The molecule has 2 rings (SSSR count). The van der Waals surface area contributed by atoms with Crippen LogP contribution in [0.4, 0.5) is 0 Å². The zero-order chi connectivity index (χ0) is 15.2. The molecule has 21 heavy (non-hydrogen) atoms. The first kappa shape index (κ1) is 15.6. The van der Waals surface area contributed by atoms with Crippen LogP contribution in [0.15, 0.2) is 18.2 Å². The van der Waals surface area contributed by atoms with Crippen molar-refractivity contribution >= 4 is 5.91 Å². The summed E-state index contributed by atoms with van der Waals surface area (Å²) in [5.74, 6) is 0.857. The van der Waals surface area contributed by atoms with Crippen LogP contribution in [0.1, 0.15) is 42.5 Å². The van der Waals surface area contributed by atoms with Crippen molar-refractivity contribution in [3.8, 4) is 11.5 Å². The summed E-state index contributed by atoms with van der Waals surface area (Å²) in [5.41, 5.74) is 0.424. The molecule has 1 aliphatic rings. The number of methoxy groups -OCH3 is 2. The number of amides is 1. The van der Waals surface area contributed by atoms with E-state index in [1.54, 1.807) is 25.3 Å². The predicted molar refractivity (Wildman–Crippen MR) is 79.9 cm³/mol. The number of carbonyl (C=O) groups is 1. The standard InChI is InChI=1S/C16H23NO4/c1-20-11-8-9-15(21-2)12(10-11)16(19)17-13-6-4-3-5-7-14(13)18/h8-10,13-14,18H,3-7H2,1-2H3,(H,17,19). The van der Waals surface area contributed by atoms with Crippen molar-refractivity contribution in [2.24, 2.45) is 0 Å². The van der Waals surface area contributed by atoms with Gasteiger partial charge in [0.15, 0.2) is 0 Å². The van der Waals surface area contributed by atoms with Gasteiger partial charge in [-0.05, 0) is 31.0 Å². The van der Waals surface area contributed by atoms with Crippen LogP contribution in [0, 0.1) is 0 Å². The quantitative estimate of drug-likeness (QED) is 0.835. The van der Waals surface area contributed by atoms with Crippen molar-refractivity contribution in [2.75, 3.05) is 14.2 Å². The molecule has 116 valence electrons. The van der Waals surface area contributed by atoms with Gasteiger partial charge in [-0.2, -0.15) is 0 Å². The van der Waals surface area contributed by atoms with Crippen molar-refractivity contribution in [1.29, 1.82) is 0 Å². The molecular formula is C16H23NO4. The predicted octanol–water partition coefficient (Wildman–Crippen LogP) is 2.13. The van der Waals surface area contributed by atoms with Crippen molar-refractivity contribution in [3.63, 3.8) is 0 Å². The molecule has 0 aromatic heterocycles. The number of nitrogens with one attached hydrogen (secondary N) is 1. The van der Waals surface area contributed by atoms with Gasteiger partial charge >= 0.3 is 0 Å². The molecular weight excluding hydrogens is 270 g/mol. The molecule has 1 aliphatic carbocycles. The van der Waals surface area contributed by atoms with Crippen molar-refractivity contribution in [2.45, 2.75) is 44.2 Å². The third-order valence-corrected chi connectivity index (χ3v) is 3.95. The molecule has 0 spiro atoms. The number of rotatable bonds is 4. The lowest BCUT2D eigenvalue weighted by molar-refractivity contribution is 0.0816. The third kappa shape index (κ3) is 3.88. The smallest absolute Gasteiger partial charge is 0.255 e. The molecule has 0 radical (unpaired) electrons. The summed E-state index contributed by atoms with van der Waals surface area (Å²) >= 11 is 0. The van der Waals surface area contributed by atoms with Gasteiger partial charge in [-0.25, -0.2) is 0 Å². The molecule has 0 heterocycles. The Morgan fingerprint density at radius 2 is 1.95 bits per heavy atom. The molecule has 2 unspecified atom stereocenters. The maximum atomic E-state index is 12.5. The largest absolute Gasteiger partial charge is 0.497 e. The Morgan fingerprint density at radius 1 is 1.19 bits per heavy atom. The van der Waals surface area contributed by atoms with E-state index in [0.29, 0.717) is 17.1 Å². The Bertz CT molecular complexity index is 489. The molecule has 1 amide bonds. The summed E-state index contributed by atoms with van der Waals surface area (Å²) < 4.78 is 10.4. The van der Waals surface area contributed by atoms with Crippen LogP contribution >= 0.6 is 0 Å². The number of benzene rings is 1. The van der Waals surface area contributed by atoms with Gasteiger partial charge in [-0.3, -0.25) is 4.79 Å². The van der Waals surface area contributed by atoms with E-state index in [1.807, 2.05) is 0 Å². The molecule has 1 aromatic rings. The zero-order valence-corrected chi connectivity index (χ0v) is 12.6. The molecule has 2 N–H and O–H groups in total. The number of hydrogen-bond acceptors (Lipinski definition) is 4. The van der Waals surface area contributed by atoms with Crippen molar-refractivity contribution < 1.29 is 19.4 Å². The minimum absolute atomic E-state index is 0.198. The molecule has 2 atom stereocenters. The van der Waals surface area contributed by atoms with Crippen LogP contribution in [0.2, 0.25) is 0 Å². The van der Waals surface area contributed by atoms with E-state index in [-0.39, 0.29) is 11.9 Å². The molecule has 0 aliphatic heterocycles. The Morgan fingerprint density at radius 3 is 2.67 bits per heavy atom. The maximum absolute atomic E-state index is 12.5. The number of aliphatic hydroxyl groups excluding tert-OH is 1. The summed E-state index contributed by atoms with van der Waals surface area (Å²) in [4.78, 5) is 12.5. The Labute approximate surface area is 125 Å². The Kier molecular flexibility index (Phi) is 5.44. The topological polar surface area (TPSA) is 67.8 Å². The molecule has 1 saturated carbocycles. The highest BCUT2D eigenvalue weighted by molar-refractivity contribution is 5.97. The first-order chi connectivity index (χ1) is 10.2. The third-order valence-electron chi connectivity index (χ3n) is 3.95. The fourth-order valence-electron chi connectivity index (χ4n) is 2.69. The van der Waals surface area contributed by atoms with Gasteiger partial charge in [0.25, 0.3) is 5.91 Å². The summed E-state index contributed by atoms with van der Waals surface area (Å²) in [5, 5.41) is 13.0. The molecule has 1 aromatic carbocycles. The number of hydrogen-bond donors (Lipinski definition) is 2. The number of ether oxygens (including phenoxy) is 2. The average molecular weight is 293 g/mol. The number of carbonyl (C=O) groups excluding carboxylic acids is 1. The lowest BCUT2D eigenvalue weighted by Gasteiger charge is -2.22. The van der Waals surface area contributed by atoms with E-state index in [0.717, 1.165) is 32.1 Å². The summed E-state index contributed by atoms with van der Waals surface area (Å²) in [7, 11) is 3.08. The first-order valence-corrected chi connectivity index (χ1v) is 7.36. The lowest BCUT2D eigenvalue weighted by Crippen LogP contribution is -2.42. The number of aliphatic hydroxyl groups is 1. The minimum atomic E-state index is -0.479.